The number of nitrogens with one attached hydrogen (secondary N) is 1. The first-order valence-corrected chi connectivity index (χ1v) is 13.3. The van der Waals surface area contributed by atoms with E-state index in [1.165, 1.54) is 24.3 Å². The van der Waals surface area contributed by atoms with E-state index in [0.717, 1.165) is 4.31 Å². The molecule has 2 fully saturated rings. The second kappa shape index (κ2) is 8.94. The Morgan fingerprint density at radius 3 is 2.41 bits per heavy atom. The minimum Gasteiger partial charge on any atom is -0.468 e. The van der Waals surface area contributed by atoms with E-state index in [1.807, 2.05) is 0 Å². The lowest BCUT2D eigenvalue weighted by atomic mass is 10.2. The first-order valence-electron chi connectivity index (χ1n) is 10.2. The fraction of sp³-hybridized carbons (Fsp3) is 0.450. The van der Waals surface area contributed by atoms with Crippen molar-refractivity contribution in [3.05, 3.63) is 48.4 Å². The lowest BCUT2D eigenvalue weighted by molar-refractivity contribution is -0.119. The molecule has 0 saturated carbocycles. The molecule has 3 heterocycles. The van der Waals surface area contributed by atoms with Crippen LogP contribution in [0.4, 0.5) is 5.69 Å². The zero-order chi connectivity index (χ0) is 22.9. The van der Waals surface area contributed by atoms with Gasteiger partial charge in [-0.2, -0.15) is 0 Å². The highest BCUT2D eigenvalue weighted by atomic mass is 32.2. The molecule has 2 saturated heterocycles. The van der Waals surface area contributed by atoms with Crippen LogP contribution in [0.25, 0.3) is 0 Å². The molecule has 1 aromatic heterocycles. The Hall–Kier alpha value is -2.25. The third kappa shape index (κ3) is 4.59. The average molecular weight is 484 g/mol. The van der Waals surface area contributed by atoms with Crippen LogP contribution in [0.5, 0.6) is 0 Å². The van der Waals surface area contributed by atoms with Gasteiger partial charge >= 0.3 is 0 Å². The molecule has 1 amide bonds. The van der Waals surface area contributed by atoms with Gasteiger partial charge < -0.3 is 9.15 Å². The summed E-state index contributed by atoms with van der Waals surface area (Å²) in [5.74, 6) is -0.769. The van der Waals surface area contributed by atoms with Crippen LogP contribution in [0.3, 0.4) is 0 Å². The van der Waals surface area contributed by atoms with Gasteiger partial charge in [0.15, 0.2) is 0 Å². The van der Waals surface area contributed by atoms with Crippen molar-refractivity contribution in [1.82, 2.24) is 9.62 Å². The van der Waals surface area contributed by atoms with Crippen molar-refractivity contribution in [3.63, 3.8) is 0 Å². The van der Waals surface area contributed by atoms with E-state index in [1.54, 1.807) is 25.3 Å². The summed E-state index contributed by atoms with van der Waals surface area (Å²) < 4.78 is 64.5. The van der Waals surface area contributed by atoms with Gasteiger partial charge in [0.2, 0.25) is 26.0 Å². The van der Waals surface area contributed by atoms with Gasteiger partial charge in [0.1, 0.15) is 5.76 Å². The van der Waals surface area contributed by atoms with E-state index in [9.17, 15) is 21.6 Å². The minimum absolute atomic E-state index is 0.0292. The highest BCUT2D eigenvalue weighted by Crippen LogP contribution is 2.29. The van der Waals surface area contributed by atoms with Crippen molar-refractivity contribution in [1.29, 1.82) is 0 Å². The molecule has 0 aliphatic carbocycles. The summed E-state index contributed by atoms with van der Waals surface area (Å²) in [6.45, 7) is 4.06. The molecule has 32 heavy (non-hydrogen) atoms. The number of rotatable bonds is 7. The highest BCUT2D eigenvalue weighted by Gasteiger charge is 2.42. The van der Waals surface area contributed by atoms with E-state index in [4.69, 9.17) is 9.15 Å². The monoisotopic (exact) mass is 483 g/mol. The molecular formula is C20H25N3O7S2. The molecule has 1 aromatic carbocycles. The van der Waals surface area contributed by atoms with Gasteiger partial charge in [-0.25, -0.2) is 25.9 Å². The number of anilines is 1. The first kappa shape index (κ1) is 22.9. The molecule has 2 aliphatic rings. The number of hydrogen-bond acceptors (Lipinski definition) is 8. The fourth-order valence-electron chi connectivity index (χ4n) is 3.90. The van der Waals surface area contributed by atoms with E-state index >= 15 is 0 Å². The Morgan fingerprint density at radius 2 is 1.84 bits per heavy atom. The van der Waals surface area contributed by atoms with Gasteiger partial charge in [0.05, 0.1) is 47.8 Å². The zero-order valence-electron chi connectivity index (χ0n) is 17.5. The molecule has 2 aliphatic heterocycles. The average Bonchev–Trinajstić information content (AvgIpc) is 3.35. The summed E-state index contributed by atoms with van der Waals surface area (Å²) in [7, 11) is -7.63. The summed E-state index contributed by atoms with van der Waals surface area (Å²) >= 11 is 0. The number of morpholine rings is 1. The van der Waals surface area contributed by atoms with Crippen molar-refractivity contribution in [3.8, 4) is 0 Å². The Balaban J connectivity index is 1.50. The van der Waals surface area contributed by atoms with Crippen LogP contribution in [0.1, 0.15) is 18.7 Å². The third-order valence-electron chi connectivity index (χ3n) is 5.57. The molecule has 10 nitrogen and oxygen atoms in total. The minimum atomic E-state index is -3.88. The van der Waals surface area contributed by atoms with E-state index in [0.29, 0.717) is 32.1 Å². The zero-order valence-corrected chi connectivity index (χ0v) is 19.1. The van der Waals surface area contributed by atoms with E-state index in [-0.39, 0.29) is 28.9 Å². The van der Waals surface area contributed by atoms with Crippen LogP contribution in [0.15, 0.2) is 52.0 Å². The Bertz CT molecular complexity index is 1160. The molecule has 1 N–H and O–H groups in total. The summed E-state index contributed by atoms with van der Waals surface area (Å²) in [5.41, 5.74) is 0.125. The predicted molar refractivity (Wildman–Crippen MR) is 116 cm³/mol. The molecule has 4 rings (SSSR count). The second-order valence-corrected chi connectivity index (χ2v) is 11.4. The maximum atomic E-state index is 12.9. The number of carbonyl (C=O) groups excluding carboxylic acids is 1. The van der Waals surface area contributed by atoms with Crippen LogP contribution in [-0.2, 0) is 29.6 Å². The Kier molecular flexibility index (Phi) is 6.41. The molecule has 0 spiro atoms. The molecule has 2 aromatic rings. The Morgan fingerprint density at radius 1 is 1.16 bits per heavy atom. The van der Waals surface area contributed by atoms with Crippen LogP contribution in [0, 0.1) is 5.92 Å². The number of hydrogen-bond donors (Lipinski definition) is 1. The fourth-order valence-corrected chi connectivity index (χ4v) is 6.76. The first-order chi connectivity index (χ1) is 15.2. The van der Waals surface area contributed by atoms with Gasteiger partial charge in [-0.05, 0) is 36.4 Å². The van der Waals surface area contributed by atoms with Crippen LogP contribution in [-0.4, -0.2) is 66.2 Å². The molecule has 174 valence electrons. The summed E-state index contributed by atoms with van der Waals surface area (Å²) in [6.07, 6.45) is 1.55. The van der Waals surface area contributed by atoms with Gasteiger partial charge in [-0.3, -0.25) is 9.69 Å². The number of carbonyl (C=O) groups is 1. The standard InChI is InChI=1S/C20H25N3O7S2/c1-15-14-31(25,26)23(20(15)24)16-4-6-17(7-5-16)32(27,28)21-13-18(19-3-2-10-30-19)22-8-11-29-12-9-22/h2-7,10,15,18,21H,8-9,11-14H2,1H3. The molecule has 2 atom stereocenters. The maximum Gasteiger partial charge on any atom is 0.244 e. The Labute approximate surface area is 187 Å². The normalized spacial score (nSPS) is 22.8. The lowest BCUT2D eigenvalue weighted by Crippen LogP contribution is -2.43. The van der Waals surface area contributed by atoms with Crippen LogP contribution in [0.2, 0.25) is 0 Å². The van der Waals surface area contributed by atoms with E-state index < -0.39 is 31.9 Å². The van der Waals surface area contributed by atoms with Crippen molar-refractivity contribution in [2.24, 2.45) is 5.92 Å². The topological polar surface area (TPSA) is 126 Å². The van der Waals surface area contributed by atoms with Crippen molar-refractivity contribution < 1.29 is 30.8 Å². The van der Waals surface area contributed by atoms with E-state index in [2.05, 4.69) is 9.62 Å². The number of sulfonamides is 2. The molecule has 12 heteroatoms. The number of ether oxygens (including phenoxy) is 1. The SMILES string of the molecule is CC1CS(=O)(=O)N(c2ccc(S(=O)(=O)NCC(c3ccco3)N3CCOCC3)cc2)C1=O. The molecule has 0 bridgehead atoms. The number of amides is 1. The quantitative estimate of drug-likeness (QED) is 0.617. The number of nitrogens with zero attached hydrogens (tertiary/aromatic N) is 2. The number of furan rings is 1. The second-order valence-electron chi connectivity index (χ2n) is 7.81. The summed E-state index contributed by atoms with van der Waals surface area (Å²) in [5, 5.41) is 0. The largest absolute Gasteiger partial charge is 0.468 e. The number of benzene rings is 1. The highest BCUT2D eigenvalue weighted by molar-refractivity contribution is 7.94. The van der Waals surface area contributed by atoms with Crippen molar-refractivity contribution in [2.75, 3.05) is 42.9 Å². The van der Waals surface area contributed by atoms with Gasteiger partial charge in [-0.1, -0.05) is 6.92 Å². The van der Waals surface area contributed by atoms with Gasteiger partial charge in [-0.15, -0.1) is 0 Å². The summed E-state index contributed by atoms with van der Waals surface area (Å²) in [4.78, 5) is 14.3. The maximum absolute atomic E-state index is 12.9. The third-order valence-corrected chi connectivity index (χ3v) is 8.87. The predicted octanol–water partition coefficient (Wildman–Crippen LogP) is 0.944. The van der Waals surface area contributed by atoms with Crippen LogP contribution >= 0.6 is 0 Å². The van der Waals surface area contributed by atoms with Gasteiger partial charge in [0, 0.05) is 19.6 Å². The van der Waals surface area contributed by atoms with Crippen molar-refractivity contribution >= 4 is 31.6 Å². The summed E-state index contributed by atoms with van der Waals surface area (Å²) in [6, 6.07) is 8.50. The molecule has 0 radical (unpaired) electrons. The van der Waals surface area contributed by atoms with Crippen molar-refractivity contribution in [2.45, 2.75) is 17.9 Å². The van der Waals surface area contributed by atoms with Crippen LogP contribution < -0.4 is 9.03 Å². The molecule has 2 unspecified atom stereocenters. The smallest absolute Gasteiger partial charge is 0.244 e. The van der Waals surface area contributed by atoms with Gasteiger partial charge in [0.25, 0.3) is 0 Å². The lowest BCUT2D eigenvalue weighted by Gasteiger charge is -2.33. The molecular weight excluding hydrogens is 458 g/mol.